The molecule has 4 rings (SSSR count). The van der Waals surface area contributed by atoms with Gasteiger partial charge in [-0.05, 0) is 12.0 Å². The number of rotatable bonds is 5. The van der Waals surface area contributed by atoms with Crippen molar-refractivity contribution in [1.29, 1.82) is 4.78 Å². The Kier molecular flexibility index (Phi) is 5.68. The number of anilines is 1. The standard InChI is InChI=1S/C20H23F2N7O3S/c1-2-10-33(24,32)17-25-15(23)14-16(26-17)28(11-13-6-4-3-5-7-13)19(31)29(14)18(30)27-9-8-20(21,22)12-27/h3-7,24H,2,8-12H2,1H3,(H2,23,25,26). The van der Waals surface area contributed by atoms with Crippen molar-refractivity contribution in [3.63, 3.8) is 0 Å². The monoisotopic (exact) mass is 479 g/mol. The predicted octanol–water partition coefficient (Wildman–Crippen LogP) is 2.35. The molecular formula is C20H23F2N7O3S. The summed E-state index contributed by atoms with van der Waals surface area (Å²) >= 11 is 0. The van der Waals surface area contributed by atoms with E-state index in [9.17, 15) is 22.6 Å². The van der Waals surface area contributed by atoms with Crippen LogP contribution in [0.15, 0.2) is 40.3 Å². The second-order valence-corrected chi connectivity index (χ2v) is 10.1. The average Bonchev–Trinajstić information content (AvgIpc) is 3.26. The summed E-state index contributed by atoms with van der Waals surface area (Å²) in [6, 6.07) is 7.89. The fourth-order valence-electron chi connectivity index (χ4n) is 3.80. The summed E-state index contributed by atoms with van der Waals surface area (Å²) in [6.07, 6.45) is -0.0761. The minimum Gasteiger partial charge on any atom is -0.382 e. The van der Waals surface area contributed by atoms with E-state index in [-0.39, 0.29) is 41.0 Å². The summed E-state index contributed by atoms with van der Waals surface area (Å²) in [5.41, 5.74) is 5.69. The maximum Gasteiger partial charge on any atom is 0.339 e. The molecule has 10 nitrogen and oxygen atoms in total. The highest BCUT2D eigenvalue weighted by Crippen LogP contribution is 2.28. The molecule has 0 saturated carbocycles. The number of halogens is 2. The molecule has 3 N–H and O–H groups in total. The molecule has 176 valence electrons. The third kappa shape index (κ3) is 4.19. The van der Waals surface area contributed by atoms with Crippen LogP contribution in [0.2, 0.25) is 0 Å². The molecule has 0 spiro atoms. The van der Waals surface area contributed by atoms with Gasteiger partial charge in [-0.25, -0.2) is 36.9 Å². The van der Waals surface area contributed by atoms with E-state index >= 15 is 0 Å². The Morgan fingerprint density at radius 3 is 2.58 bits per heavy atom. The van der Waals surface area contributed by atoms with Gasteiger partial charge in [0.05, 0.1) is 13.1 Å². The van der Waals surface area contributed by atoms with Gasteiger partial charge in [-0.2, -0.15) is 4.98 Å². The molecule has 1 unspecified atom stereocenters. The number of fused-ring (bicyclic) bond motifs is 1. The van der Waals surface area contributed by atoms with Crippen LogP contribution in [0.4, 0.5) is 19.4 Å². The van der Waals surface area contributed by atoms with Crippen molar-refractivity contribution in [2.24, 2.45) is 0 Å². The molecule has 1 amide bonds. The van der Waals surface area contributed by atoms with Crippen molar-refractivity contribution < 1.29 is 17.8 Å². The van der Waals surface area contributed by atoms with Crippen molar-refractivity contribution in [2.75, 3.05) is 24.6 Å². The Morgan fingerprint density at radius 2 is 1.97 bits per heavy atom. The maximum atomic E-state index is 13.7. The number of alkyl halides is 2. The number of aromatic nitrogens is 4. The van der Waals surface area contributed by atoms with Crippen LogP contribution < -0.4 is 11.4 Å². The van der Waals surface area contributed by atoms with Gasteiger partial charge in [0.25, 0.3) is 5.92 Å². The number of hydrogen-bond acceptors (Lipinski definition) is 7. The number of likely N-dealkylation sites (tertiary alicyclic amines) is 1. The molecule has 3 heterocycles. The van der Waals surface area contributed by atoms with Crippen molar-refractivity contribution in [3.05, 3.63) is 46.4 Å². The van der Waals surface area contributed by atoms with Gasteiger partial charge < -0.3 is 10.6 Å². The van der Waals surface area contributed by atoms with Gasteiger partial charge >= 0.3 is 11.7 Å². The third-order valence-corrected chi connectivity index (χ3v) is 7.13. The first-order valence-electron chi connectivity index (χ1n) is 10.3. The quantitative estimate of drug-likeness (QED) is 0.539. The fraction of sp³-hybridized carbons (Fsp3) is 0.400. The summed E-state index contributed by atoms with van der Waals surface area (Å²) in [5, 5.41) is -0.339. The number of carbonyl (C=O) groups is 1. The predicted molar refractivity (Wildman–Crippen MR) is 118 cm³/mol. The van der Waals surface area contributed by atoms with Gasteiger partial charge in [0.2, 0.25) is 5.16 Å². The largest absolute Gasteiger partial charge is 0.382 e. The average molecular weight is 480 g/mol. The normalized spacial score (nSPS) is 17.4. The van der Waals surface area contributed by atoms with E-state index in [4.69, 9.17) is 10.5 Å². The number of imidazole rings is 1. The van der Waals surface area contributed by atoms with Crippen molar-refractivity contribution in [3.8, 4) is 0 Å². The van der Waals surface area contributed by atoms with Gasteiger partial charge in [0.15, 0.2) is 11.5 Å². The molecule has 1 atom stereocenters. The van der Waals surface area contributed by atoms with Crippen LogP contribution >= 0.6 is 0 Å². The van der Waals surface area contributed by atoms with Crippen LogP contribution in [0.25, 0.3) is 11.2 Å². The molecule has 0 aliphatic carbocycles. The molecule has 1 aliphatic rings. The lowest BCUT2D eigenvalue weighted by Gasteiger charge is -2.16. The van der Waals surface area contributed by atoms with Crippen molar-refractivity contribution in [1.82, 2.24) is 24.0 Å². The van der Waals surface area contributed by atoms with E-state index in [0.717, 1.165) is 9.47 Å². The maximum absolute atomic E-state index is 13.7. The van der Waals surface area contributed by atoms with E-state index in [1.54, 1.807) is 37.3 Å². The summed E-state index contributed by atoms with van der Waals surface area (Å²) in [7, 11) is -3.39. The second-order valence-electron chi connectivity index (χ2n) is 7.94. The first kappa shape index (κ1) is 22.8. The van der Waals surface area contributed by atoms with Gasteiger partial charge in [0, 0.05) is 18.7 Å². The fourth-order valence-corrected chi connectivity index (χ4v) is 5.04. The molecule has 13 heteroatoms. The summed E-state index contributed by atoms with van der Waals surface area (Å²) in [5.74, 6) is -3.38. The van der Waals surface area contributed by atoms with Gasteiger partial charge in [-0.15, -0.1) is 0 Å². The van der Waals surface area contributed by atoms with E-state index in [0.29, 0.717) is 16.6 Å². The molecular weight excluding hydrogens is 456 g/mol. The summed E-state index contributed by atoms with van der Waals surface area (Å²) in [4.78, 5) is 35.5. The van der Waals surface area contributed by atoms with Crippen LogP contribution in [0, 0.1) is 4.78 Å². The van der Waals surface area contributed by atoms with Crippen LogP contribution in [-0.4, -0.2) is 59.0 Å². The molecule has 1 aliphatic heterocycles. The highest BCUT2D eigenvalue weighted by atomic mass is 32.2. The zero-order valence-corrected chi connectivity index (χ0v) is 18.6. The first-order valence-corrected chi connectivity index (χ1v) is 12.0. The summed E-state index contributed by atoms with van der Waals surface area (Å²) in [6.45, 7) is 0.705. The van der Waals surface area contributed by atoms with Crippen LogP contribution in [-0.2, 0) is 16.3 Å². The number of nitrogens with two attached hydrogens (primary N) is 1. The number of nitrogens with zero attached hydrogens (tertiary/aromatic N) is 5. The first-order chi connectivity index (χ1) is 15.5. The number of nitrogens with one attached hydrogen (secondary N) is 1. The third-order valence-electron chi connectivity index (χ3n) is 5.38. The lowest BCUT2D eigenvalue weighted by Crippen LogP contribution is -2.40. The molecule has 0 radical (unpaired) electrons. The van der Waals surface area contributed by atoms with Crippen LogP contribution in [0.3, 0.4) is 0 Å². The van der Waals surface area contributed by atoms with Crippen molar-refractivity contribution >= 4 is 32.7 Å². The van der Waals surface area contributed by atoms with E-state index in [1.807, 2.05) is 0 Å². The highest BCUT2D eigenvalue weighted by Gasteiger charge is 2.42. The Balaban J connectivity index is 1.94. The number of hydrogen-bond donors (Lipinski definition) is 2. The minimum atomic E-state index is -3.39. The van der Waals surface area contributed by atoms with Crippen molar-refractivity contribution in [2.45, 2.75) is 37.4 Å². The Labute approximate surface area is 188 Å². The lowest BCUT2D eigenvalue weighted by molar-refractivity contribution is 0.0154. The summed E-state index contributed by atoms with van der Waals surface area (Å²) < 4.78 is 50.2. The van der Waals surface area contributed by atoms with E-state index < -0.39 is 40.3 Å². The Bertz CT molecular complexity index is 1380. The van der Waals surface area contributed by atoms with Crippen LogP contribution in [0.5, 0.6) is 0 Å². The molecule has 1 saturated heterocycles. The van der Waals surface area contributed by atoms with E-state index in [2.05, 4.69) is 9.97 Å². The molecule has 1 fully saturated rings. The molecule has 1 aromatic carbocycles. The topological polar surface area (TPSA) is 140 Å². The molecule has 2 aromatic heterocycles. The smallest absolute Gasteiger partial charge is 0.339 e. The Morgan fingerprint density at radius 1 is 1.27 bits per heavy atom. The molecule has 0 bridgehead atoms. The van der Waals surface area contributed by atoms with Gasteiger partial charge in [-0.3, -0.25) is 4.57 Å². The molecule has 33 heavy (non-hydrogen) atoms. The highest BCUT2D eigenvalue weighted by molar-refractivity contribution is 7.92. The SMILES string of the molecule is CCCS(=N)(=O)c1nc(N)c2c(n1)n(Cc1ccccc1)c(=O)n2C(=O)N1CCC(F)(F)C1. The second kappa shape index (κ2) is 8.21. The zero-order chi connectivity index (χ0) is 24.0. The Hall–Kier alpha value is -3.35. The van der Waals surface area contributed by atoms with Gasteiger partial charge in [0.1, 0.15) is 15.2 Å². The molecule has 3 aromatic rings. The number of carbonyl (C=O) groups excluding carboxylic acids is 1. The minimum absolute atomic E-state index is 0.00449. The zero-order valence-electron chi connectivity index (χ0n) is 17.8. The number of amides is 1. The lowest BCUT2D eigenvalue weighted by atomic mass is 10.2. The van der Waals surface area contributed by atoms with E-state index in [1.165, 1.54) is 0 Å². The van der Waals surface area contributed by atoms with Gasteiger partial charge in [-0.1, -0.05) is 37.3 Å². The van der Waals surface area contributed by atoms with Crippen LogP contribution in [0.1, 0.15) is 25.3 Å². The number of nitrogen functional groups attached to an aromatic ring is 1. The number of benzene rings is 1.